The van der Waals surface area contributed by atoms with Crippen molar-refractivity contribution in [3.63, 3.8) is 0 Å². The third-order valence-corrected chi connectivity index (χ3v) is 3.33. The third-order valence-electron chi connectivity index (χ3n) is 3.03. The smallest absolute Gasteiger partial charge is 0.266 e. The van der Waals surface area contributed by atoms with Crippen LogP contribution < -0.4 is 10.1 Å². The van der Waals surface area contributed by atoms with Gasteiger partial charge < -0.3 is 10.1 Å². The maximum Gasteiger partial charge on any atom is 0.266 e. The highest BCUT2D eigenvalue weighted by Crippen LogP contribution is 2.27. The van der Waals surface area contributed by atoms with Gasteiger partial charge in [0.1, 0.15) is 29.0 Å². The van der Waals surface area contributed by atoms with Crippen LogP contribution in [0.3, 0.4) is 0 Å². The minimum Gasteiger partial charge on any atom is -0.495 e. The number of halogens is 3. The van der Waals surface area contributed by atoms with Gasteiger partial charge in [-0.3, -0.25) is 4.79 Å². The summed E-state index contributed by atoms with van der Waals surface area (Å²) >= 11 is 5.95. The van der Waals surface area contributed by atoms with Gasteiger partial charge in [-0.1, -0.05) is 11.6 Å². The van der Waals surface area contributed by atoms with E-state index in [1.165, 1.54) is 19.2 Å². The van der Waals surface area contributed by atoms with E-state index in [0.717, 1.165) is 24.3 Å². The summed E-state index contributed by atoms with van der Waals surface area (Å²) in [5, 5.41) is 11.8. The molecule has 0 spiro atoms. The number of nitrogens with one attached hydrogen (secondary N) is 1. The molecular formula is C17H11ClF2N2O2. The number of rotatable bonds is 4. The first-order valence-electron chi connectivity index (χ1n) is 6.66. The normalized spacial score (nSPS) is 10.9. The molecule has 0 aliphatic heterocycles. The first-order valence-corrected chi connectivity index (χ1v) is 7.04. The fourth-order valence-corrected chi connectivity index (χ4v) is 2.13. The first-order chi connectivity index (χ1) is 11.4. The quantitative estimate of drug-likeness (QED) is 0.666. The van der Waals surface area contributed by atoms with Crippen molar-refractivity contribution in [1.29, 1.82) is 5.26 Å². The number of hydrogen-bond donors (Lipinski definition) is 1. The number of nitrogens with zero attached hydrogens (tertiary/aromatic N) is 1. The molecule has 0 aromatic heterocycles. The molecular weight excluding hydrogens is 338 g/mol. The monoisotopic (exact) mass is 348 g/mol. The SMILES string of the molecule is COc1ccc(NC(=O)/C(C#N)=C/c2cc(F)ccc2F)cc1Cl. The summed E-state index contributed by atoms with van der Waals surface area (Å²) in [6.45, 7) is 0. The van der Waals surface area contributed by atoms with E-state index in [-0.39, 0.29) is 16.2 Å². The van der Waals surface area contributed by atoms with E-state index in [1.54, 1.807) is 12.1 Å². The van der Waals surface area contributed by atoms with Gasteiger partial charge in [-0.2, -0.15) is 5.26 Å². The van der Waals surface area contributed by atoms with Crippen molar-refractivity contribution < 1.29 is 18.3 Å². The van der Waals surface area contributed by atoms with Crippen molar-refractivity contribution in [3.05, 3.63) is 64.2 Å². The molecule has 1 N–H and O–H groups in total. The van der Waals surface area contributed by atoms with Crippen molar-refractivity contribution in [1.82, 2.24) is 0 Å². The summed E-state index contributed by atoms with van der Waals surface area (Å²) in [6, 6.07) is 8.92. The molecule has 0 heterocycles. The summed E-state index contributed by atoms with van der Waals surface area (Å²) in [7, 11) is 1.45. The summed E-state index contributed by atoms with van der Waals surface area (Å²) in [4.78, 5) is 12.1. The van der Waals surface area contributed by atoms with Gasteiger partial charge in [-0.15, -0.1) is 0 Å². The maximum absolute atomic E-state index is 13.6. The standard InChI is InChI=1S/C17H11ClF2N2O2/c1-24-16-5-3-13(8-14(16)18)22-17(23)11(9-21)6-10-7-12(19)2-4-15(10)20/h2-8H,1H3,(H,22,23)/b11-6+. The molecule has 0 aliphatic rings. The molecule has 0 radical (unpaired) electrons. The Morgan fingerprint density at radius 1 is 1.29 bits per heavy atom. The van der Waals surface area contributed by atoms with Crippen molar-refractivity contribution in [2.24, 2.45) is 0 Å². The maximum atomic E-state index is 13.6. The number of methoxy groups -OCH3 is 1. The molecule has 24 heavy (non-hydrogen) atoms. The van der Waals surface area contributed by atoms with Crippen LogP contribution in [-0.4, -0.2) is 13.0 Å². The second-order valence-corrected chi connectivity index (χ2v) is 5.05. The lowest BCUT2D eigenvalue weighted by molar-refractivity contribution is -0.112. The van der Waals surface area contributed by atoms with E-state index in [2.05, 4.69) is 5.32 Å². The highest BCUT2D eigenvalue weighted by Gasteiger charge is 2.12. The van der Waals surface area contributed by atoms with Crippen LogP contribution in [0.5, 0.6) is 5.75 Å². The number of nitriles is 1. The van der Waals surface area contributed by atoms with Gasteiger partial charge in [0.2, 0.25) is 0 Å². The van der Waals surface area contributed by atoms with Crippen LogP contribution in [0, 0.1) is 23.0 Å². The number of hydrogen-bond acceptors (Lipinski definition) is 3. The zero-order valence-corrected chi connectivity index (χ0v) is 13.2. The number of carbonyl (C=O) groups excluding carboxylic acids is 1. The van der Waals surface area contributed by atoms with Crippen LogP contribution >= 0.6 is 11.6 Å². The fourth-order valence-electron chi connectivity index (χ4n) is 1.87. The molecule has 0 bridgehead atoms. The van der Waals surface area contributed by atoms with Crippen LogP contribution in [0.2, 0.25) is 5.02 Å². The lowest BCUT2D eigenvalue weighted by Crippen LogP contribution is -2.13. The molecule has 2 rings (SSSR count). The Bertz CT molecular complexity index is 860. The highest BCUT2D eigenvalue weighted by atomic mass is 35.5. The van der Waals surface area contributed by atoms with E-state index >= 15 is 0 Å². The fraction of sp³-hybridized carbons (Fsp3) is 0.0588. The van der Waals surface area contributed by atoms with E-state index in [4.69, 9.17) is 21.6 Å². The van der Waals surface area contributed by atoms with E-state index < -0.39 is 17.5 Å². The second-order valence-electron chi connectivity index (χ2n) is 4.64. The molecule has 0 atom stereocenters. The number of amides is 1. The average Bonchev–Trinajstić information content (AvgIpc) is 2.55. The minimum absolute atomic E-state index is 0.200. The first kappa shape index (κ1) is 17.4. The Morgan fingerprint density at radius 3 is 2.67 bits per heavy atom. The van der Waals surface area contributed by atoms with Crippen molar-refractivity contribution in [2.45, 2.75) is 0 Å². The Labute approximate surface area is 141 Å². The van der Waals surface area contributed by atoms with Crippen LogP contribution in [0.1, 0.15) is 5.56 Å². The summed E-state index contributed by atoms with van der Waals surface area (Å²) in [5.74, 6) is -1.78. The zero-order chi connectivity index (χ0) is 17.7. The van der Waals surface area contributed by atoms with Gasteiger partial charge in [0.25, 0.3) is 5.91 Å². The molecule has 1 amide bonds. The topological polar surface area (TPSA) is 62.1 Å². The minimum atomic E-state index is -0.776. The van der Waals surface area contributed by atoms with Gasteiger partial charge in [0, 0.05) is 11.3 Å². The van der Waals surface area contributed by atoms with Crippen LogP contribution in [0.15, 0.2) is 42.0 Å². The van der Waals surface area contributed by atoms with Gasteiger partial charge in [0.15, 0.2) is 0 Å². The van der Waals surface area contributed by atoms with E-state index in [9.17, 15) is 13.6 Å². The lowest BCUT2D eigenvalue weighted by Gasteiger charge is -2.07. The molecule has 0 saturated heterocycles. The predicted octanol–water partition coefficient (Wildman–Crippen LogP) is 4.17. The zero-order valence-electron chi connectivity index (χ0n) is 12.4. The molecule has 0 aliphatic carbocycles. The Morgan fingerprint density at radius 2 is 2.04 bits per heavy atom. The van der Waals surface area contributed by atoms with Gasteiger partial charge in [-0.05, 0) is 42.5 Å². The summed E-state index contributed by atoms with van der Waals surface area (Å²) < 4.78 is 31.8. The Hall–Kier alpha value is -2.91. The molecule has 0 fully saturated rings. The Balaban J connectivity index is 2.26. The summed E-state index contributed by atoms with van der Waals surface area (Å²) in [6.07, 6.45) is 0.971. The molecule has 2 aromatic carbocycles. The van der Waals surface area contributed by atoms with Crippen LogP contribution in [-0.2, 0) is 4.79 Å². The van der Waals surface area contributed by atoms with E-state index in [0.29, 0.717) is 11.4 Å². The number of ether oxygens (including phenoxy) is 1. The van der Waals surface area contributed by atoms with Gasteiger partial charge in [-0.25, -0.2) is 8.78 Å². The third kappa shape index (κ3) is 4.09. The molecule has 0 saturated carbocycles. The highest BCUT2D eigenvalue weighted by molar-refractivity contribution is 6.32. The van der Waals surface area contributed by atoms with Crippen molar-refractivity contribution >= 4 is 29.3 Å². The molecule has 7 heteroatoms. The van der Waals surface area contributed by atoms with Gasteiger partial charge in [0.05, 0.1) is 12.1 Å². The number of benzene rings is 2. The van der Waals surface area contributed by atoms with Crippen LogP contribution in [0.25, 0.3) is 6.08 Å². The van der Waals surface area contributed by atoms with E-state index in [1.807, 2.05) is 0 Å². The van der Waals surface area contributed by atoms with Crippen molar-refractivity contribution in [3.8, 4) is 11.8 Å². The number of carbonyl (C=O) groups is 1. The van der Waals surface area contributed by atoms with Crippen LogP contribution in [0.4, 0.5) is 14.5 Å². The second kappa shape index (κ2) is 7.57. The average molecular weight is 349 g/mol. The molecule has 122 valence electrons. The Kier molecular flexibility index (Phi) is 5.51. The largest absolute Gasteiger partial charge is 0.495 e. The van der Waals surface area contributed by atoms with Crippen molar-refractivity contribution in [2.75, 3.05) is 12.4 Å². The number of anilines is 1. The predicted molar refractivity (Wildman–Crippen MR) is 86.6 cm³/mol. The molecule has 2 aromatic rings. The molecule has 4 nitrogen and oxygen atoms in total. The van der Waals surface area contributed by atoms with Gasteiger partial charge >= 0.3 is 0 Å². The lowest BCUT2D eigenvalue weighted by atomic mass is 10.1. The summed E-state index contributed by atoms with van der Waals surface area (Å²) in [5.41, 5.74) is -0.257. The molecule has 0 unspecified atom stereocenters.